The molecule has 0 unspecified atom stereocenters. The first-order valence-corrected chi connectivity index (χ1v) is 20.5. The van der Waals surface area contributed by atoms with Crippen LogP contribution in [0.4, 0.5) is 0 Å². The highest BCUT2D eigenvalue weighted by atomic mass is 15.2. The molecule has 8 aromatic carbocycles. The van der Waals surface area contributed by atoms with Gasteiger partial charge < -0.3 is 4.57 Å². The van der Waals surface area contributed by atoms with Crippen LogP contribution in [0.1, 0.15) is 0 Å². The van der Waals surface area contributed by atoms with Crippen LogP contribution in [0.25, 0.3) is 117 Å². The van der Waals surface area contributed by atoms with Gasteiger partial charge in [-0.25, -0.2) is 19.9 Å². The molecule has 0 bridgehead atoms. The highest BCUT2D eigenvalue weighted by molar-refractivity contribution is 6.17. The normalized spacial score (nSPS) is 11.9. The molecular formula is C54H33N7. The molecule has 5 heterocycles. The molecule has 0 saturated heterocycles. The van der Waals surface area contributed by atoms with E-state index < -0.39 is 0 Å². The standard InChI is InChI=1S/C54H33N7/c1-3-17-34(18-4-1)50-56-51(35-19-5-2-6-20-35)58-52(57-50)36-31-37(59-45-27-13-10-23-41(45)42-24-11-14-28-46(42)59)33-38(32-36)60-48-30-16-12-26-44(48)49-54(60)61-47-29-15-9-22-40(47)39-21-7-8-25-43(39)53(61)55-49/h1-33H. The second-order valence-electron chi connectivity index (χ2n) is 15.5. The Labute approximate surface area is 349 Å². The summed E-state index contributed by atoms with van der Waals surface area (Å²) >= 11 is 0. The smallest absolute Gasteiger partial charge is 0.164 e. The molecule has 0 N–H and O–H groups in total. The third kappa shape index (κ3) is 5.04. The van der Waals surface area contributed by atoms with Crippen LogP contribution in [0.3, 0.4) is 0 Å². The predicted molar refractivity (Wildman–Crippen MR) is 249 cm³/mol. The first-order valence-electron chi connectivity index (χ1n) is 20.5. The van der Waals surface area contributed by atoms with Gasteiger partial charge in [-0.1, -0.05) is 158 Å². The average Bonchev–Trinajstić information content (AvgIpc) is 4.00. The van der Waals surface area contributed by atoms with E-state index in [1.54, 1.807) is 0 Å². The summed E-state index contributed by atoms with van der Waals surface area (Å²) in [7, 11) is 0. The molecule has 0 atom stereocenters. The SMILES string of the molecule is c1ccc(-c2nc(-c3ccccc3)nc(-c3cc(-n4c5ccccc5c5ccccc54)cc(-n4c5ccccc5c5nc6c7ccccc7c7ccccc7n6c54)c3)n2)cc1. The quantitative estimate of drug-likeness (QED) is 0.163. The zero-order chi connectivity index (χ0) is 40.0. The van der Waals surface area contributed by atoms with Crippen molar-refractivity contribution in [1.82, 2.24) is 33.5 Å². The van der Waals surface area contributed by atoms with Crippen LogP contribution in [-0.4, -0.2) is 33.5 Å². The second-order valence-corrected chi connectivity index (χ2v) is 15.5. The van der Waals surface area contributed by atoms with Crippen LogP contribution in [0.2, 0.25) is 0 Å². The van der Waals surface area contributed by atoms with Crippen molar-refractivity contribution in [2.75, 3.05) is 0 Å². The van der Waals surface area contributed by atoms with Crippen molar-refractivity contribution >= 4 is 71.2 Å². The highest BCUT2D eigenvalue weighted by Gasteiger charge is 2.24. The van der Waals surface area contributed by atoms with Gasteiger partial charge in [-0.2, -0.15) is 0 Å². The summed E-state index contributed by atoms with van der Waals surface area (Å²) in [6.45, 7) is 0. The Morgan fingerprint density at radius 1 is 0.295 bits per heavy atom. The maximum absolute atomic E-state index is 5.50. The number of para-hydroxylation sites is 4. The maximum Gasteiger partial charge on any atom is 0.164 e. The molecule has 0 fully saturated rings. The minimum absolute atomic E-state index is 0.582. The van der Waals surface area contributed by atoms with Crippen molar-refractivity contribution in [3.8, 4) is 45.5 Å². The van der Waals surface area contributed by atoms with Gasteiger partial charge in [0.05, 0.1) is 27.8 Å². The Kier molecular flexibility index (Phi) is 7.17. The first kappa shape index (κ1) is 33.5. The van der Waals surface area contributed by atoms with Gasteiger partial charge in [-0.3, -0.25) is 8.97 Å². The van der Waals surface area contributed by atoms with E-state index >= 15 is 0 Å². The molecule has 0 saturated carbocycles. The lowest BCUT2D eigenvalue weighted by molar-refractivity contribution is 1.06. The van der Waals surface area contributed by atoms with Crippen LogP contribution in [-0.2, 0) is 0 Å². The molecule has 7 heteroatoms. The topological polar surface area (TPSA) is 65.8 Å². The number of imidazole rings is 1. The number of hydrogen-bond acceptors (Lipinski definition) is 4. The molecule has 13 rings (SSSR count). The fraction of sp³-hybridized carbons (Fsp3) is 0. The number of nitrogens with zero attached hydrogens (tertiary/aromatic N) is 7. The van der Waals surface area contributed by atoms with Crippen molar-refractivity contribution in [3.05, 3.63) is 200 Å². The van der Waals surface area contributed by atoms with Gasteiger partial charge >= 0.3 is 0 Å². The van der Waals surface area contributed by atoms with E-state index in [1.165, 1.54) is 21.5 Å². The minimum atomic E-state index is 0.582. The summed E-state index contributed by atoms with van der Waals surface area (Å²) in [6, 6.07) is 70.2. The molecule has 7 nitrogen and oxygen atoms in total. The third-order valence-corrected chi connectivity index (χ3v) is 12.0. The van der Waals surface area contributed by atoms with Crippen molar-refractivity contribution in [3.63, 3.8) is 0 Å². The zero-order valence-corrected chi connectivity index (χ0v) is 32.7. The van der Waals surface area contributed by atoms with Gasteiger partial charge in [0, 0.05) is 49.3 Å². The van der Waals surface area contributed by atoms with Crippen molar-refractivity contribution < 1.29 is 0 Å². The van der Waals surface area contributed by atoms with E-state index in [-0.39, 0.29) is 0 Å². The summed E-state index contributed by atoms with van der Waals surface area (Å²) in [5.41, 5.74) is 11.9. The van der Waals surface area contributed by atoms with Gasteiger partial charge in [0.15, 0.2) is 23.1 Å². The van der Waals surface area contributed by atoms with Gasteiger partial charge in [0.25, 0.3) is 0 Å². The highest BCUT2D eigenvalue weighted by Crippen LogP contribution is 2.40. The summed E-state index contributed by atoms with van der Waals surface area (Å²) in [4.78, 5) is 21.0. The van der Waals surface area contributed by atoms with E-state index in [1.807, 2.05) is 36.4 Å². The molecule has 0 amide bonds. The lowest BCUT2D eigenvalue weighted by Gasteiger charge is -2.16. The number of benzene rings is 8. The van der Waals surface area contributed by atoms with Crippen LogP contribution < -0.4 is 0 Å². The predicted octanol–water partition coefficient (Wildman–Crippen LogP) is 13.0. The summed E-state index contributed by atoms with van der Waals surface area (Å²) in [5, 5.41) is 6.93. The Morgan fingerprint density at radius 2 is 0.705 bits per heavy atom. The van der Waals surface area contributed by atoms with Crippen molar-refractivity contribution in [1.29, 1.82) is 0 Å². The van der Waals surface area contributed by atoms with E-state index in [0.717, 1.165) is 77.7 Å². The van der Waals surface area contributed by atoms with Crippen molar-refractivity contribution in [2.24, 2.45) is 0 Å². The average molecular weight is 780 g/mol. The lowest BCUT2D eigenvalue weighted by atomic mass is 10.1. The van der Waals surface area contributed by atoms with Gasteiger partial charge in [-0.15, -0.1) is 0 Å². The van der Waals surface area contributed by atoms with E-state index in [4.69, 9.17) is 19.9 Å². The Hall–Kier alpha value is -8.42. The van der Waals surface area contributed by atoms with Crippen LogP contribution >= 0.6 is 0 Å². The number of hydrogen-bond donors (Lipinski definition) is 0. The molecule has 0 spiro atoms. The molecule has 61 heavy (non-hydrogen) atoms. The minimum Gasteiger partial charge on any atom is -0.309 e. The Morgan fingerprint density at radius 3 is 1.28 bits per heavy atom. The van der Waals surface area contributed by atoms with E-state index in [2.05, 4.69) is 177 Å². The van der Waals surface area contributed by atoms with Crippen molar-refractivity contribution in [2.45, 2.75) is 0 Å². The first-order chi connectivity index (χ1) is 30.3. The fourth-order valence-electron chi connectivity index (χ4n) is 9.38. The molecule has 284 valence electrons. The van der Waals surface area contributed by atoms with E-state index in [0.29, 0.717) is 17.5 Å². The van der Waals surface area contributed by atoms with Gasteiger partial charge in [-0.05, 0) is 47.9 Å². The van der Waals surface area contributed by atoms with Crippen LogP contribution in [0.5, 0.6) is 0 Å². The summed E-state index contributed by atoms with van der Waals surface area (Å²) in [6.07, 6.45) is 0. The Balaban J connectivity index is 1.18. The molecule has 13 aromatic rings. The van der Waals surface area contributed by atoms with Gasteiger partial charge in [0.1, 0.15) is 11.2 Å². The number of aromatic nitrogens is 7. The summed E-state index contributed by atoms with van der Waals surface area (Å²) < 4.78 is 7.10. The summed E-state index contributed by atoms with van der Waals surface area (Å²) in [5.74, 6) is 1.81. The largest absolute Gasteiger partial charge is 0.309 e. The number of pyridine rings is 1. The van der Waals surface area contributed by atoms with Gasteiger partial charge in [0.2, 0.25) is 0 Å². The van der Waals surface area contributed by atoms with Crippen LogP contribution in [0, 0.1) is 0 Å². The lowest BCUT2D eigenvalue weighted by Crippen LogP contribution is -2.04. The monoisotopic (exact) mass is 779 g/mol. The third-order valence-electron chi connectivity index (χ3n) is 12.0. The molecule has 0 radical (unpaired) electrons. The zero-order valence-electron chi connectivity index (χ0n) is 32.7. The maximum atomic E-state index is 5.50. The van der Waals surface area contributed by atoms with Crippen LogP contribution in [0.15, 0.2) is 200 Å². The second kappa shape index (κ2) is 13.0. The number of fused-ring (bicyclic) bond motifs is 13. The molecule has 0 aliphatic heterocycles. The number of rotatable bonds is 5. The molecule has 5 aromatic heterocycles. The van der Waals surface area contributed by atoms with E-state index in [9.17, 15) is 0 Å². The molecule has 0 aliphatic carbocycles. The Bertz CT molecular complexity index is 3770. The fourth-order valence-corrected chi connectivity index (χ4v) is 9.38. The molecular weight excluding hydrogens is 747 g/mol. The molecule has 0 aliphatic rings.